The Balaban J connectivity index is 1.79. The third kappa shape index (κ3) is 4.06. The highest BCUT2D eigenvalue weighted by Crippen LogP contribution is 2.42. The highest BCUT2D eigenvalue weighted by Gasteiger charge is 2.36. The van der Waals surface area contributed by atoms with Crippen LogP contribution in [0, 0.1) is 5.92 Å². The Kier molecular flexibility index (Phi) is 5.55. The molecule has 0 aromatic heterocycles. The van der Waals surface area contributed by atoms with Gasteiger partial charge in [-0.15, -0.1) is 0 Å². The van der Waals surface area contributed by atoms with Crippen LogP contribution >= 0.6 is 11.6 Å². The van der Waals surface area contributed by atoms with Crippen molar-refractivity contribution in [3.63, 3.8) is 0 Å². The SMILES string of the molecule is O=C(O)C1CCCN(C(c2ccc3c(c2)OCO3)c2ccc(Cl)c(C(F)(F)F)c2)C1. The molecular weight excluding hydrogens is 423 g/mol. The molecule has 2 atom stereocenters. The Morgan fingerprint density at radius 3 is 2.57 bits per heavy atom. The van der Waals surface area contributed by atoms with Crippen molar-refractivity contribution < 1.29 is 32.5 Å². The molecular formula is C21H19ClF3NO4. The zero-order valence-corrected chi connectivity index (χ0v) is 16.5. The van der Waals surface area contributed by atoms with Gasteiger partial charge in [-0.2, -0.15) is 13.2 Å². The molecule has 0 radical (unpaired) electrons. The summed E-state index contributed by atoms with van der Waals surface area (Å²) in [7, 11) is 0. The molecule has 9 heteroatoms. The van der Waals surface area contributed by atoms with E-state index in [1.807, 2.05) is 4.90 Å². The largest absolute Gasteiger partial charge is 0.481 e. The maximum absolute atomic E-state index is 13.5. The van der Waals surface area contributed by atoms with Gasteiger partial charge in [0.05, 0.1) is 22.5 Å². The van der Waals surface area contributed by atoms with E-state index in [4.69, 9.17) is 21.1 Å². The van der Waals surface area contributed by atoms with Crippen LogP contribution in [0.1, 0.15) is 35.6 Å². The molecule has 1 N–H and O–H groups in total. The normalized spacial score (nSPS) is 20.2. The first-order valence-electron chi connectivity index (χ1n) is 9.47. The van der Waals surface area contributed by atoms with Crippen LogP contribution in [0.2, 0.25) is 5.02 Å². The lowest BCUT2D eigenvalue weighted by Gasteiger charge is -2.38. The van der Waals surface area contributed by atoms with Crippen molar-refractivity contribution in [2.75, 3.05) is 19.9 Å². The quantitative estimate of drug-likeness (QED) is 0.725. The minimum absolute atomic E-state index is 0.0768. The Morgan fingerprint density at radius 1 is 1.13 bits per heavy atom. The van der Waals surface area contributed by atoms with Gasteiger partial charge in [-0.05, 0) is 54.8 Å². The standard InChI is InChI=1S/C21H19ClF3NO4/c22-16-5-3-12(8-15(16)21(23,24)25)19(26-7-1-2-14(10-26)20(27)28)13-4-6-17-18(9-13)30-11-29-17/h3-6,8-9,14,19H,1-2,7,10-11H2,(H,27,28). The first kappa shape index (κ1) is 20.8. The van der Waals surface area contributed by atoms with Crippen molar-refractivity contribution in [3.8, 4) is 11.5 Å². The summed E-state index contributed by atoms with van der Waals surface area (Å²) in [5, 5.41) is 9.09. The number of nitrogens with zero attached hydrogens (tertiary/aromatic N) is 1. The van der Waals surface area contributed by atoms with Gasteiger partial charge < -0.3 is 14.6 Å². The second-order valence-electron chi connectivity index (χ2n) is 7.42. The topological polar surface area (TPSA) is 59.0 Å². The number of benzene rings is 2. The van der Waals surface area contributed by atoms with E-state index in [-0.39, 0.29) is 18.4 Å². The molecule has 0 aliphatic carbocycles. The molecule has 2 aliphatic rings. The van der Waals surface area contributed by atoms with E-state index in [0.29, 0.717) is 42.0 Å². The van der Waals surface area contributed by atoms with Gasteiger partial charge in [-0.3, -0.25) is 9.69 Å². The fourth-order valence-electron chi connectivity index (χ4n) is 4.07. The number of likely N-dealkylation sites (tertiary alicyclic amines) is 1. The van der Waals surface area contributed by atoms with E-state index in [1.165, 1.54) is 6.07 Å². The number of rotatable bonds is 4. The van der Waals surface area contributed by atoms with Crippen LogP contribution in [-0.2, 0) is 11.0 Å². The summed E-state index contributed by atoms with van der Waals surface area (Å²) in [5.74, 6) is -0.415. The minimum atomic E-state index is -4.60. The van der Waals surface area contributed by atoms with E-state index in [1.54, 1.807) is 24.3 Å². The van der Waals surface area contributed by atoms with Gasteiger partial charge in [0, 0.05) is 6.54 Å². The Labute approximate surface area is 176 Å². The Morgan fingerprint density at radius 2 is 1.83 bits per heavy atom. The van der Waals surface area contributed by atoms with E-state index in [2.05, 4.69) is 0 Å². The summed E-state index contributed by atoms with van der Waals surface area (Å²) in [5.41, 5.74) is 0.163. The first-order chi connectivity index (χ1) is 14.2. The predicted molar refractivity (Wildman–Crippen MR) is 103 cm³/mol. The summed E-state index contributed by atoms with van der Waals surface area (Å²) < 4.78 is 51.2. The van der Waals surface area contributed by atoms with Crippen molar-refractivity contribution in [2.24, 2.45) is 5.92 Å². The number of hydrogen-bond acceptors (Lipinski definition) is 4. The molecule has 2 heterocycles. The second-order valence-corrected chi connectivity index (χ2v) is 7.83. The molecule has 0 saturated carbocycles. The third-order valence-corrected chi connectivity index (χ3v) is 5.82. The molecule has 4 rings (SSSR count). The van der Waals surface area contributed by atoms with E-state index < -0.39 is 29.7 Å². The number of fused-ring (bicyclic) bond motifs is 1. The molecule has 5 nitrogen and oxygen atoms in total. The number of carbonyl (C=O) groups is 1. The predicted octanol–water partition coefficient (Wildman–Crippen LogP) is 4.97. The highest BCUT2D eigenvalue weighted by atomic mass is 35.5. The summed E-state index contributed by atoms with van der Waals surface area (Å²) in [6.07, 6.45) is -3.43. The molecule has 2 aromatic carbocycles. The fraction of sp³-hybridized carbons (Fsp3) is 0.381. The van der Waals surface area contributed by atoms with Crippen LogP contribution < -0.4 is 9.47 Å². The lowest BCUT2D eigenvalue weighted by Crippen LogP contribution is -2.41. The van der Waals surface area contributed by atoms with Gasteiger partial charge >= 0.3 is 12.1 Å². The van der Waals surface area contributed by atoms with E-state index in [9.17, 15) is 23.1 Å². The van der Waals surface area contributed by atoms with Crippen molar-refractivity contribution in [1.29, 1.82) is 0 Å². The number of ether oxygens (including phenoxy) is 2. The molecule has 1 saturated heterocycles. The summed E-state index contributed by atoms with van der Waals surface area (Å²) >= 11 is 5.81. The maximum atomic E-state index is 13.5. The smallest absolute Gasteiger partial charge is 0.417 e. The monoisotopic (exact) mass is 441 g/mol. The van der Waals surface area contributed by atoms with E-state index in [0.717, 1.165) is 6.07 Å². The molecule has 2 aliphatic heterocycles. The maximum Gasteiger partial charge on any atom is 0.417 e. The van der Waals surface area contributed by atoms with Gasteiger partial charge in [-0.1, -0.05) is 23.7 Å². The van der Waals surface area contributed by atoms with Gasteiger partial charge in [0.1, 0.15) is 0 Å². The number of halogens is 4. The number of aliphatic carboxylic acids is 1. The van der Waals surface area contributed by atoms with Crippen LogP contribution in [0.3, 0.4) is 0 Å². The summed E-state index contributed by atoms with van der Waals surface area (Å²) in [4.78, 5) is 13.5. The molecule has 1 fully saturated rings. The summed E-state index contributed by atoms with van der Waals surface area (Å²) in [6.45, 7) is 0.874. The number of carboxylic acids is 1. The number of carboxylic acid groups (broad SMARTS) is 1. The van der Waals surface area contributed by atoms with Crippen LogP contribution in [0.15, 0.2) is 36.4 Å². The average molecular weight is 442 g/mol. The van der Waals surface area contributed by atoms with Gasteiger partial charge in [-0.25, -0.2) is 0 Å². The first-order valence-corrected chi connectivity index (χ1v) is 9.85. The van der Waals surface area contributed by atoms with Gasteiger partial charge in [0.25, 0.3) is 0 Å². The van der Waals surface area contributed by atoms with Crippen molar-refractivity contribution in [1.82, 2.24) is 4.90 Å². The second kappa shape index (κ2) is 8.00. The fourth-order valence-corrected chi connectivity index (χ4v) is 4.29. The van der Waals surface area contributed by atoms with Crippen LogP contribution in [0.5, 0.6) is 11.5 Å². The van der Waals surface area contributed by atoms with Crippen LogP contribution in [0.25, 0.3) is 0 Å². The highest BCUT2D eigenvalue weighted by molar-refractivity contribution is 6.31. The zero-order chi connectivity index (χ0) is 21.5. The molecule has 0 amide bonds. The molecule has 160 valence electrons. The van der Waals surface area contributed by atoms with Crippen LogP contribution in [-0.4, -0.2) is 35.9 Å². The Bertz CT molecular complexity index is 966. The minimum Gasteiger partial charge on any atom is -0.481 e. The van der Waals surface area contributed by atoms with Crippen molar-refractivity contribution in [3.05, 3.63) is 58.1 Å². The van der Waals surface area contributed by atoms with Gasteiger partial charge in [0.15, 0.2) is 11.5 Å². The molecule has 2 aromatic rings. The third-order valence-electron chi connectivity index (χ3n) is 5.49. The number of alkyl halides is 3. The zero-order valence-electron chi connectivity index (χ0n) is 15.8. The molecule has 2 unspecified atom stereocenters. The lowest BCUT2D eigenvalue weighted by atomic mass is 9.90. The lowest BCUT2D eigenvalue weighted by molar-refractivity contribution is -0.143. The van der Waals surface area contributed by atoms with E-state index >= 15 is 0 Å². The molecule has 30 heavy (non-hydrogen) atoms. The number of piperidine rings is 1. The molecule has 0 bridgehead atoms. The van der Waals surface area contributed by atoms with Gasteiger partial charge in [0.2, 0.25) is 6.79 Å². The average Bonchev–Trinajstić information content (AvgIpc) is 3.17. The van der Waals surface area contributed by atoms with Crippen molar-refractivity contribution >= 4 is 17.6 Å². The van der Waals surface area contributed by atoms with Crippen molar-refractivity contribution in [2.45, 2.75) is 25.1 Å². The Hall–Kier alpha value is -2.45. The van der Waals surface area contributed by atoms with Crippen LogP contribution in [0.4, 0.5) is 13.2 Å². The number of hydrogen-bond donors (Lipinski definition) is 1. The summed E-state index contributed by atoms with van der Waals surface area (Å²) in [6, 6.07) is 8.46. The molecule has 0 spiro atoms.